The van der Waals surface area contributed by atoms with Crippen LogP contribution in [0, 0.1) is 6.92 Å². The number of Topliss-reactive ketones (excluding diaryl/α,β-unsaturated/α-hetero) is 1. The summed E-state index contributed by atoms with van der Waals surface area (Å²) in [6, 6.07) is 9.27. The molecule has 0 aliphatic rings. The van der Waals surface area contributed by atoms with Crippen LogP contribution in [0.4, 0.5) is 0 Å². The molecular formula is C17H11ClO5S. The van der Waals surface area contributed by atoms with Crippen molar-refractivity contribution in [3.63, 3.8) is 0 Å². The number of aryl methyl sites for hydroxylation is 1. The number of rotatable bonds is 4. The average Bonchev–Trinajstić information content (AvgIpc) is 2.99. The zero-order chi connectivity index (χ0) is 17.3. The summed E-state index contributed by atoms with van der Waals surface area (Å²) in [6.07, 6.45) is 0. The molecule has 3 aromatic rings. The molecule has 0 radical (unpaired) electrons. The number of fused-ring (bicyclic) bond motifs is 1. The minimum Gasteiger partial charge on any atom is -0.451 e. The number of thiophene rings is 1. The van der Waals surface area contributed by atoms with Crippen molar-refractivity contribution in [3.8, 4) is 0 Å². The molecule has 24 heavy (non-hydrogen) atoms. The van der Waals surface area contributed by atoms with Crippen LogP contribution in [0.1, 0.15) is 25.8 Å². The maximum Gasteiger partial charge on any atom is 0.374 e. The maximum absolute atomic E-state index is 12.1. The summed E-state index contributed by atoms with van der Waals surface area (Å²) in [5.74, 6) is -1.49. The molecule has 1 aromatic carbocycles. The number of ether oxygens (including phenoxy) is 1. The molecule has 122 valence electrons. The van der Waals surface area contributed by atoms with Gasteiger partial charge in [-0.05, 0) is 31.2 Å². The van der Waals surface area contributed by atoms with E-state index in [0.717, 1.165) is 23.0 Å². The summed E-state index contributed by atoms with van der Waals surface area (Å²) in [5, 5.41) is 0.385. The minimum absolute atomic E-state index is 0.242. The number of esters is 1. The molecule has 0 saturated carbocycles. The zero-order valence-electron chi connectivity index (χ0n) is 12.5. The van der Waals surface area contributed by atoms with Gasteiger partial charge in [0.15, 0.2) is 12.0 Å². The van der Waals surface area contributed by atoms with Gasteiger partial charge in [0, 0.05) is 6.07 Å². The molecule has 0 N–H and O–H groups in total. The largest absolute Gasteiger partial charge is 0.451 e. The first-order chi connectivity index (χ1) is 11.4. The third-order valence-corrected chi connectivity index (χ3v) is 4.54. The molecule has 0 fully saturated rings. The van der Waals surface area contributed by atoms with Crippen LogP contribution in [-0.2, 0) is 4.74 Å². The van der Waals surface area contributed by atoms with E-state index in [1.54, 1.807) is 30.3 Å². The van der Waals surface area contributed by atoms with Crippen LogP contribution in [0.3, 0.4) is 0 Å². The predicted molar refractivity (Wildman–Crippen MR) is 91.2 cm³/mol. The molecule has 3 rings (SSSR count). The fourth-order valence-electron chi connectivity index (χ4n) is 2.11. The third-order valence-electron chi connectivity index (χ3n) is 3.27. The second-order valence-electron chi connectivity index (χ2n) is 5.08. The van der Waals surface area contributed by atoms with Crippen molar-refractivity contribution < 1.29 is 18.7 Å². The highest BCUT2D eigenvalue weighted by molar-refractivity contribution is 7.18. The summed E-state index contributed by atoms with van der Waals surface area (Å²) in [4.78, 5) is 36.4. The Morgan fingerprint density at radius 1 is 1.21 bits per heavy atom. The van der Waals surface area contributed by atoms with Crippen molar-refractivity contribution in [1.29, 1.82) is 0 Å². The van der Waals surface area contributed by atoms with Gasteiger partial charge in [-0.1, -0.05) is 23.2 Å². The molecule has 5 nitrogen and oxygen atoms in total. The Labute approximate surface area is 145 Å². The lowest BCUT2D eigenvalue weighted by atomic mass is 10.1. The molecule has 0 aliphatic carbocycles. The van der Waals surface area contributed by atoms with Crippen LogP contribution in [0.15, 0.2) is 45.6 Å². The normalized spacial score (nSPS) is 10.8. The molecule has 2 heterocycles. The average molecular weight is 363 g/mol. The van der Waals surface area contributed by atoms with Gasteiger partial charge < -0.3 is 9.15 Å². The molecule has 0 unspecified atom stereocenters. The lowest BCUT2D eigenvalue weighted by Gasteiger charge is -2.04. The van der Waals surface area contributed by atoms with Crippen LogP contribution >= 0.6 is 22.9 Å². The fourth-order valence-corrected chi connectivity index (χ4v) is 3.08. The Kier molecular flexibility index (Phi) is 4.51. The van der Waals surface area contributed by atoms with Gasteiger partial charge in [-0.2, -0.15) is 0 Å². The Bertz CT molecular complexity index is 1000. The van der Waals surface area contributed by atoms with E-state index >= 15 is 0 Å². The Morgan fingerprint density at radius 3 is 2.71 bits per heavy atom. The number of halogens is 1. The second-order valence-corrected chi connectivity index (χ2v) is 6.79. The SMILES string of the molecule is Cc1ccc2oc(C(=O)OCC(=O)c3ccc(Cl)s3)cc(=O)c2c1. The predicted octanol–water partition coefficient (Wildman–Crippen LogP) is 3.86. The van der Waals surface area contributed by atoms with E-state index < -0.39 is 12.6 Å². The van der Waals surface area contributed by atoms with E-state index in [1.807, 2.05) is 6.92 Å². The Morgan fingerprint density at radius 2 is 2.00 bits per heavy atom. The topological polar surface area (TPSA) is 73.6 Å². The summed E-state index contributed by atoms with van der Waals surface area (Å²) in [5.41, 5.74) is 0.852. The number of hydrogen-bond donors (Lipinski definition) is 0. The summed E-state index contributed by atoms with van der Waals surface area (Å²) in [7, 11) is 0. The molecule has 0 saturated heterocycles. The number of carbonyl (C=O) groups excluding carboxylic acids is 2. The molecule has 7 heteroatoms. The van der Waals surface area contributed by atoms with Gasteiger partial charge >= 0.3 is 5.97 Å². The van der Waals surface area contributed by atoms with Gasteiger partial charge in [0.05, 0.1) is 14.6 Å². The van der Waals surface area contributed by atoms with Crippen LogP contribution in [0.25, 0.3) is 11.0 Å². The second kappa shape index (κ2) is 6.59. The standard InChI is InChI=1S/C17H11ClO5S/c1-9-2-3-13-10(6-9)11(19)7-14(23-13)17(21)22-8-12(20)15-4-5-16(18)24-15/h2-7H,8H2,1H3. The van der Waals surface area contributed by atoms with Crippen molar-refractivity contribution in [2.24, 2.45) is 0 Å². The minimum atomic E-state index is -0.870. The van der Waals surface area contributed by atoms with Gasteiger partial charge in [-0.3, -0.25) is 9.59 Å². The lowest BCUT2D eigenvalue weighted by Crippen LogP contribution is -2.15. The summed E-state index contributed by atoms with van der Waals surface area (Å²) < 4.78 is 10.8. The van der Waals surface area contributed by atoms with Gasteiger partial charge in [-0.15, -0.1) is 11.3 Å². The number of benzene rings is 1. The van der Waals surface area contributed by atoms with Gasteiger partial charge in [0.1, 0.15) is 5.58 Å². The van der Waals surface area contributed by atoms with Crippen molar-refractivity contribution in [2.45, 2.75) is 6.92 Å². The van der Waals surface area contributed by atoms with Gasteiger partial charge in [0.25, 0.3) is 0 Å². The quantitative estimate of drug-likeness (QED) is 0.520. The molecule has 0 atom stereocenters. The number of ketones is 1. The van der Waals surface area contributed by atoms with E-state index in [4.69, 9.17) is 20.8 Å². The summed E-state index contributed by atoms with van der Waals surface area (Å²) >= 11 is 6.86. The molecule has 0 bridgehead atoms. The number of hydrogen-bond acceptors (Lipinski definition) is 6. The van der Waals surface area contributed by atoms with Crippen LogP contribution in [-0.4, -0.2) is 18.4 Å². The Hall–Kier alpha value is -2.44. The number of carbonyl (C=O) groups is 2. The van der Waals surface area contributed by atoms with E-state index in [-0.39, 0.29) is 22.6 Å². The molecule has 0 amide bonds. The third kappa shape index (κ3) is 3.39. The molecule has 0 spiro atoms. The van der Waals surface area contributed by atoms with E-state index in [2.05, 4.69) is 0 Å². The van der Waals surface area contributed by atoms with E-state index in [0.29, 0.717) is 14.6 Å². The first-order valence-electron chi connectivity index (χ1n) is 6.94. The Balaban J connectivity index is 1.78. The first kappa shape index (κ1) is 16.4. The van der Waals surface area contributed by atoms with Crippen molar-refractivity contribution in [1.82, 2.24) is 0 Å². The zero-order valence-corrected chi connectivity index (χ0v) is 14.1. The molecular weight excluding hydrogens is 352 g/mol. The van der Waals surface area contributed by atoms with Gasteiger partial charge in [0.2, 0.25) is 11.5 Å². The monoisotopic (exact) mass is 362 g/mol. The summed E-state index contributed by atoms with van der Waals surface area (Å²) in [6.45, 7) is 1.40. The van der Waals surface area contributed by atoms with Crippen molar-refractivity contribution in [2.75, 3.05) is 6.61 Å². The fraction of sp³-hybridized carbons (Fsp3) is 0.118. The molecule has 0 aliphatic heterocycles. The molecule has 2 aromatic heterocycles. The highest BCUT2D eigenvalue weighted by Crippen LogP contribution is 2.22. The van der Waals surface area contributed by atoms with Gasteiger partial charge in [-0.25, -0.2) is 4.79 Å². The van der Waals surface area contributed by atoms with Crippen LogP contribution in [0.5, 0.6) is 0 Å². The first-order valence-corrected chi connectivity index (χ1v) is 8.13. The van der Waals surface area contributed by atoms with E-state index in [9.17, 15) is 14.4 Å². The highest BCUT2D eigenvalue weighted by atomic mass is 35.5. The highest BCUT2D eigenvalue weighted by Gasteiger charge is 2.17. The smallest absolute Gasteiger partial charge is 0.374 e. The van der Waals surface area contributed by atoms with Crippen molar-refractivity contribution in [3.05, 3.63) is 67.2 Å². The van der Waals surface area contributed by atoms with Crippen LogP contribution < -0.4 is 5.43 Å². The maximum atomic E-state index is 12.1. The van der Waals surface area contributed by atoms with Crippen molar-refractivity contribution >= 4 is 45.7 Å². The van der Waals surface area contributed by atoms with Crippen LogP contribution in [0.2, 0.25) is 4.34 Å². The lowest BCUT2D eigenvalue weighted by molar-refractivity contribution is 0.0445. The van der Waals surface area contributed by atoms with E-state index in [1.165, 1.54) is 0 Å².